The predicted octanol–water partition coefficient (Wildman–Crippen LogP) is 4.98. The summed E-state index contributed by atoms with van der Waals surface area (Å²) in [7, 11) is 0. The van der Waals surface area contributed by atoms with E-state index >= 15 is 0 Å². The Bertz CT molecular complexity index is 819. The number of nitrogens with one attached hydrogen (secondary N) is 1. The van der Waals surface area contributed by atoms with Gasteiger partial charge in [-0.05, 0) is 55.0 Å². The number of hydrogen-bond donors (Lipinski definition) is 1. The van der Waals surface area contributed by atoms with Gasteiger partial charge in [0.25, 0.3) is 5.91 Å². The minimum atomic E-state index is -0.473. The molecule has 25 heavy (non-hydrogen) atoms. The zero-order valence-corrected chi connectivity index (χ0v) is 15.9. The summed E-state index contributed by atoms with van der Waals surface area (Å²) in [6.45, 7) is 1.84. The SMILES string of the molecule is C[C@H]1CCc2sc(C(=O)OCC(=O)Nc3cc(Cl)ccc3Cl)cc2C1. The molecule has 1 aliphatic carbocycles. The highest BCUT2D eigenvalue weighted by atomic mass is 35.5. The maximum Gasteiger partial charge on any atom is 0.348 e. The molecule has 3 rings (SSSR count). The number of carbonyl (C=O) groups excluding carboxylic acids is 2. The first-order valence-electron chi connectivity index (χ1n) is 7.96. The van der Waals surface area contributed by atoms with E-state index in [-0.39, 0.29) is 6.61 Å². The molecule has 0 aliphatic heterocycles. The van der Waals surface area contributed by atoms with Gasteiger partial charge in [0.1, 0.15) is 4.88 Å². The molecule has 132 valence electrons. The second-order valence-electron chi connectivity index (χ2n) is 6.16. The number of amides is 1. The van der Waals surface area contributed by atoms with Crippen LogP contribution in [0.2, 0.25) is 10.0 Å². The van der Waals surface area contributed by atoms with Crippen LogP contribution in [-0.4, -0.2) is 18.5 Å². The molecule has 0 radical (unpaired) electrons. The first kappa shape index (κ1) is 18.2. The Hall–Kier alpha value is -1.56. The van der Waals surface area contributed by atoms with E-state index in [2.05, 4.69) is 12.2 Å². The molecule has 0 bridgehead atoms. The molecule has 1 atom stereocenters. The zero-order chi connectivity index (χ0) is 18.0. The number of carbonyl (C=O) groups is 2. The maximum absolute atomic E-state index is 12.2. The fraction of sp³-hybridized carbons (Fsp3) is 0.333. The molecule has 1 aromatic heterocycles. The summed E-state index contributed by atoms with van der Waals surface area (Å²) >= 11 is 13.3. The number of benzene rings is 1. The van der Waals surface area contributed by atoms with E-state index in [1.807, 2.05) is 6.07 Å². The van der Waals surface area contributed by atoms with Crippen LogP contribution in [0.4, 0.5) is 5.69 Å². The standard InChI is InChI=1S/C18H17Cl2NO3S/c1-10-2-5-15-11(6-10)7-16(25-15)18(23)24-9-17(22)21-14-8-12(19)3-4-13(14)20/h3-4,7-8,10H,2,5-6,9H2,1H3,(H,21,22)/t10-/m0/s1. The second kappa shape index (κ2) is 7.77. The van der Waals surface area contributed by atoms with Gasteiger partial charge in [-0.3, -0.25) is 4.79 Å². The summed E-state index contributed by atoms with van der Waals surface area (Å²) in [4.78, 5) is 25.9. The summed E-state index contributed by atoms with van der Waals surface area (Å²) in [5.41, 5.74) is 1.61. The molecule has 4 nitrogen and oxygen atoms in total. The maximum atomic E-state index is 12.2. The van der Waals surface area contributed by atoms with Crippen LogP contribution >= 0.6 is 34.5 Å². The largest absolute Gasteiger partial charge is 0.451 e. The van der Waals surface area contributed by atoms with Crippen molar-refractivity contribution >= 4 is 52.1 Å². The quantitative estimate of drug-likeness (QED) is 0.740. The van der Waals surface area contributed by atoms with Gasteiger partial charge in [0.05, 0.1) is 10.7 Å². The minimum absolute atomic E-state index is 0.365. The van der Waals surface area contributed by atoms with Crippen molar-refractivity contribution in [2.24, 2.45) is 5.92 Å². The molecule has 1 aliphatic rings. The van der Waals surface area contributed by atoms with E-state index in [0.717, 1.165) is 19.3 Å². The van der Waals surface area contributed by atoms with E-state index < -0.39 is 11.9 Å². The van der Waals surface area contributed by atoms with E-state index in [0.29, 0.717) is 26.5 Å². The summed E-state index contributed by atoms with van der Waals surface area (Å²) in [6, 6.07) is 6.64. The third kappa shape index (κ3) is 4.54. The first-order valence-corrected chi connectivity index (χ1v) is 9.53. The number of hydrogen-bond acceptors (Lipinski definition) is 4. The van der Waals surface area contributed by atoms with Crippen molar-refractivity contribution in [1.82, 2.24) is 0 Å². The smallest absolute Gasteiger partial charge is 0.348 e. The molecule has 0 saturated carbocycles. The number of ether oxygens (including phenoxy) is 1. The van der Waals surface area contributed by atoms with Crippen LogP contribution in [0.5, 0.6) is 0 Å². The highest BCUT2D eigenvalue weighted by Gasteiger charge is 2.21. The summed E-state index contributed by atoms with van der Waals surface area (Å²) in [5, 5.41) is 3.40. The van der Waals surface area contributed by atoms with Gasteiger partial charge in [-0.1, -0.05) is 30.1 Å². The average molecular weight is 398 g/mol. The Morgan fingerprint density at radius 1 is 1.32 bits per heavy atom. The lowest BCUT2D eigenvalue weighted by Gasteiger charge is -2.16. The number of thiophene rings is 1. The monoisotopic (exact) mass is 397 g/mol. The van der Waals surface area contributed by atoms with Crippen molar-refractivity contribution in [3.05, 3.63) is 49.6 Å². The lowest BCUT2D eigenvalue weighted by atomic mass is 9.90. The Morgan fingerprint density at radius 3 is 2.92 bits per heavy atom. The van der Waals surface area contributed by atoms with Crippen LogP contribution in [0.15, 0.2) is 24.3 Å². The lowest BCUT2D eigenvalue weighted by Crippen LogP contribution is -2.20. The lowest BCUT2D eigenvalue weighted by molar-refractivity contribution is -0.119. The van der Waals surface area contributed by atoms with Crippen LogP contribution in [0.1, 0.15) is 33.5 Å². The van der Waals surface area contributed by atoms with Crippen LogP contribution in [0.3, 0.4) is 0 Å². The Kier molecular flexibility index (Phi) is 5.67. The molecule has 2 aromatic rings. The van der Waals surface area contributed by atoms with Crippen LogP contribution in [0.25, 0.3) is 0 Å². The summed E-state index contributed by atoms with van der Waals surface area (Å²) in [5.74, 6) is -0.300. The highest BCUT2D eigenvalue weighted by Crippen LogP contribution is 2.32. The van der Waals surface area contributed by atoms with Crippen LogP contribution < -0.4 is 5.32 Å². The third-order valence-electron chi connectivity index (χ3n) is 4.07. The molecule has 1 heterocycles. The molecule has 0 fully saturated rings. The van der Waals surface area contributed by atoms with Crippen LogP contribution in [-0.2, 0) is 22.4 Å². The third-order valence-corrected chi connectivity index (χ3v) is 5.85. The fourth-order valence-electron chi connectivity index (χ4n) is 2.79. The van der Waals surface area contributed by atoms with Gasteiger partial charge in [0.15, 0.2) is 6.61 Å². The number of anilines is 1. The van der Waals surface area contributed by atoms with E-state index in [1.54, 1.807) is 12.1 Å². The molecular weight excluding hydrogens is 381 g/mol. The van der Waals surface area contributed by atoms with Gasteiger partial charge >= 0.3 is 5.97 Å². The number of rotatable bonds is 4. The van der Waals surface area contributed by atoms with Gasteiger partial charge in [-0.25, -0.2) is 4.79 Å². The number of aryl methyl sites for hydroxylation is 1. The average Bonchev–Trinajstić information content (AvgIpc) is 2.99. The second-order valence-corrected chi connectivity index (χ2v) is 8.14. The number of esters is 1. The van der Waals surface area contributed by atoms with Gasteiger partial charge < -0.3 is 10.1 Å². The van der Waals surface area contributed by atoms with Crippen molar-refractivity contribution < 1.29 is 14.3 Å². The van der Waals surface area contributed by atoms with Crippen molar-refractivity contribution in [2.45, 2.75) is 26.2 Å². The van der Waals surface area contributed by atoms with Crippen LogP contribution in [0, 0.1) is 5.92 Å². The first-order chi connectivity index (χ1) is 11.9. The molecule has 0 spiro atoms. The van der Waals surface area contributed by atoms with Crippen molar-refractivity contribution in [3.8, 4) is 0 Å². The van der Waals surface area contributed by atoms with Gasteiger partial charge in [0.2, 0.25) is 0 Å². The highest BCUT2D eigenvalue weighted by molar-refractivity contribution is 7.14. The van der Waals surface area contributed by atoms with E-state index in [4.69, 9.17) is 27.9 Å². The normalized spacial score (nSPS) is 16.2. The Morgan fingerprint density at radius 2 is 2.12 bits per heavy atom. The van der Waals surface area contributed by atoms with E-state index in [9.17, 15) is 9.59 Å². The predicted molar refractivity (Wildman–Crippen MR) is 101 cm³/mol. The molecule has 7 heteroatoms. The summed E-state index contributed by atoms with van der Waals surface area (Å²) < 4.78 is 5.12. The Labute approximate surface area is 160 Å². The molecular formula is C18H17Cl2NO3S. The fourth-order valence-corrected chi connectivity index (χ4v) is 4.23. The van der Waals surface area contributed by atoms with Gasteiger partial charge in [0, 0.05) is 9.90 Å². The van der Waals surface area contributed by atoms with Crippen molar-refractivity contribution in [2.75, 3.05) is 11.9 Å². The van der Waals surface area contributed by atoms with Gasteiger partial charge in [-0.15, -0.1) is 11.3 Å². The number of halogens is 2. The van der Waals surface area contributed by atoms with Gasteiger partial charge in [-0.2, -0.15) is 0 Å². The zero-order valence-electron chi connectivity index (χ0n) is 13.6. The van der Waals surface area contributed by atoms with Crippen molar-refractivity contribution in [1.29, 1.82) is 0 Å². The van der Waals surface area contributed by atoms with E-state index in [1.165, 1.54) is 27.8 Å². The molecule has 1 aromatic carbocycles. The molecule has 1 N–H and O–H groups in total. The summed E-state index contributed by atoms with van der Waals surface area (Å²) in [6.07, 6.45) is 3.14. The molecule has 1 amide bonds. The number of fused-ring (bicyclic) bond motifs is 1. The molecule has 0 unspecified atom stereocenters. The molecule has 0 saturated heterocycles. The topological polar surface area (TPSA) is 55.4 Å². The minimum Gasteiger partial charge on any atom is -0.451 e. The Balaban J connectivity index is 1.57. The van der Waals surface area contributed by atoms with Crippen molar-refractivity contribution in [3.63, 3.8) is 0 Å².